The van der Waals surface area contributed by atoms with Crippen LogP contribution in [0.4, 0.5) is 11.5 Å². The zero-order valence-electron chi connectivity index (χ0n) is 21.6. The first kappa shape index (κ1) is 24.6. The minimum atomic E-state index is -0.477. The van der Waals surface area contributed by atoms with E-state index in [2.05, 4.69) is 16.0 Å². The first-order chi connectivity index (χ1) is 17.7. The van der Waals surface area contributed by atoms with E-state index in [1.54, 1.807) is 28.0 Å². The number of hydrogen-bond acceptors (Lipinski definition) is 6. The van der Waals surface area contributed by atoms with Crippen molar-refractivity contribution in [3.8, 4) is 11.6 Å². The van der Waals surface area contributed by atoms with Crippen molar-refractivity contribution in [1.29, 1.82) is 0 Å². The number of rotatable bonds is 4. The van der Waals surface area contributed by atoms with Gasteiger partial charge in [0.25, 0.3) is 5.91 Å². The summed E-state index contributed by atoms with van der Waals surface area (Å²) in [6.07, 6.45) is 4.37. The zero-order valence-corrected chi connectivity index (χ0v) is 21.6. The molecule has 0 saturated carbocycles. The van der Waals surface area contributed by atoms with Crippen LogP contribution in [0.25, 0.3) is 5.69 Å². The van der Waals surface area contributed by atoms with Gasteiger partial charge >= 0.3 is 5.69 Å². The molecule has 2 aromatic heterocycles. The molecule has 5 rings (SSSR count). The van der Waals surface area contributed by atoms with Gasteiger partial charge in [0.15, 0.2) is 0 Å². The molecule has 2 fully saturated rings. The monoisotopic (exact) mass is 504 g/mol. The van der Waals surface area contributed by atoms with Crippen molar-refractivity contribution in [3.05, 3.63) is 63.8 Å². The van der Waals surface area contributed by atoms with Gasteiger partial charge in [-0.15, -0.1) is 0 Å². The van der Waals surface area contributed by atoms with Crippen molar-refractivity contribution in [2.24, 2.45) is 7.05 Å². The molecule has 3 aromatic rings. The fraction of sp³-hybridized carbons (Fsp3) is 0.407. The molecule has 0 bridgehead atoms. The molecular formula is C27H32N6O4. The van der Waals surface area contributed by atoms with Gasteiger partial charge in [-0.05, 0) is 56.5 Å². The molecule has 4 heterocycles. The average molecular weight is 505 g/mol. The average Bonchev–Trinajstić information content (AvgIpc) is 3.35. The highest BCUT2D eigenvalue weighted by Gasteiger charge is 2.31. The van der Waals surface area contributed by atoms with Gasteiger partial charge in [0.1, 0.15) is 5.82 Å². The van der Waals surface area contributed by atoms with Crippen LogP contribution in [0.3, 0.4) is 0 Å². The topological polar surface area (TPSA) is 104 Å². The van der Waals surface area contributed by atoms with Crippen LogP contribution in [0, 0.1) is 13.8 Å². The number of aromatic nitrogens is 3. The van der Waals surface area contributed by atoms with E-state index in [1.807, 2.05) is 27.0 Å². The number of hydrogen-bond donors (Lipinski definition) is 1. The number of aryl methyl sites for hydroxylation is 2. The Balaban J connectivity index is 1.46. The molecule has 0 aliphatic carbocycles. The summed E-state index contributed by atoms with van der Waals surface area (Å²) in [4.78, 5) is 49.4. The molecule has 0 radical (unpaired) electrons. The summed E-state index contributed by atoms with van der Waals surface area (Å²) < 4.78 is 2.38. The summed E-state index contributed by atoms with van der Waals surface area (Å²) >= 11 is 0. The second-order valence-electron chi connectivity index (χ2n) is 9.98. The number of carbonyl (C=O) groups is 2. The summed E-state index contributed by atoms with van der Waals surface area (Å²) in [6.45, 7) is 8.33. The van der Waals surface area contributed by atoms with Gasteiger partial charge in [-0.1, -0.05) is 6.07 Å². The summed E-state index contributed by atoms with van der Waals surface area (Å²) in [5.74, 6) is 0.523. The van der Waals surface area contributed by atoms with Crippen LogP contribution in [0.1, 0.15) is 41.3 Å². The maximum atomic E-state index is 13.7. The molecule has 1 N–H and O–H groups in total. The number of aromatic hydroxyl groups is 1. The normalized spacial score (nSPS) is 18.1. The first-order valence-corrected chi connectivity index (χ1v) is 12.6. The van der Waals surface area contributed by atoms with Gasteiger partial charge in [-0.25, -0.2) is 9.78 Å². The third-order valence-corrected chi connectivity index (χ3v) is 7.37. The van der Waals surface area contributed by atoms with E-state index >= 15 is 0 Å². The van der Waals surface area contributed by atoms with Gasteiger partial charge in [-0.2, -0.15) is 0 Å². The van der Waals surface area contributed by atoms with Gasteiger partial charge in [0.05, 0.1) is 17.4 Å². The van der Waals surface area contributed by atoms with Crippen LogP contribution in [0.5, 0.6) is 5.88 Å². The molecule has 10 heteroatoms. The highest BCUT2D eigenvalue weighted by atomic mass is 16.3. The van der Waals surface area contributed by atoms with Crippen molar-refractivity contribution in [1.82, 2.24) is 19.0 Å². The molecule has 10 nitrogen and oxygen atoms in total. The van der Waals surface area contributed by atoms with Crippen molar-refractivity contribution in [3.63, 3.8) is 0 Å². The summed E-state index contributed by atoms with van der Waals surface area (Å²) in [6, 6.07) is 7.27. The Bertz CT molecular complexity index is 1430. The third-order valence-electron chi connectivity index (χ3n) is 7.37. The minimum absolute atomic E-state index is 0.0110. The van der Waals surface area contributed by atoms with Crippen molar-refractivity contribution < 1.29 is 14.7 Å². The second-order valence-corrected chi connectivity index (χ2v) is 9.98. The van der Waals surface area contributed by atoms with Crippen LogP contribution < -0.4 is 15.5 Å². The van der Waals surface area contributed by atoms with Crippen LogP contribution in [0.2, 0.25) is 0 Å². The standard InChI is InChI=1S/C27H32N6O4/c1-17-13-18(2)25(28-15-17)30-9-11-31(12-10-30)26(36)21-7-6-20(33-19(3)5-8-23(33)34)14-22(21)32-16-24(35)29(4)27(32)37/h6-7,13-16,19,35H,5,8-12H2,1-4H3. The van der Waals surface area contributed by atoms with E-state index in [0.717, 1.165) is 27.9 Å². The molecule has 1 atom stereocenters. The molecule has 2 saturated heterocycles. The Morgan fingerprint density at radius 3 is 2.41 bits per heavy atom. The molecule has 2 aliphatic rings. The third kappa shape index (κ3) is 4.36. The lowest BCUT2D eigenvalue weighted by molar-refractivity contribution is -0.117. The highest BCUT2D eigenvalue weighted by molar-refractivity contribution is 6.01. The van der Waals surface area contributed by atoms with E-state index in [9.17, 15) is 19.5 Å². The predicted molar refractivity (Wildman–Crippen MR) is 141 cm³/mol. The fourth-order valence-electron chi connectivity index (χ4n) is 5.30. The first-order valence-electron chi connectivity index (χ1n) is 12.6. The fourth-order valence-corrected chi connectivity index (χ4v) is 5.30. The molecule has 37 heavy (non-hydrogen) atoms. The van der Waals surface area contributed by atoms with Crippen LogP contribution in [-0.2, 0) is 11.8 Å². The van der Waals surface area contributed by atoms with Gasteiger partial charge in [0.2, 0.25) is 11.8 Å². The van der Waals surface area contributed by atoms with Crippen LogP contribution in [-0.4, -0.2) is 68.2 Å². The molecular weight excluding hydrogens is 472 g/mol. The maximum Gasteiger partial charge on any atom is 0.335 e. The molecule has 2 amide bonds. The van der Waals surface area contributed by atoms with Gasteiger partial charge in [0, 0.05) is 57.6 Å². The molecule has 194 valence electrons. The Hall–Kier alpha value is -4.08. The van der Waals surface area contributed by atoms with Crippen molar-refractivity contribution >= 4 is 23.3 Å². The smallest absolute Gasteiger partial charge is 0.335 e. The number of carbonyl (C=O) groups excluding carboxylic acids is 2. The quantitative estimate of drug-likeness (QED) is 0.585. The number of benzene rings is 1. The molecule has 2 aliphatic heterocycles. The van der Waals surface area contributed by atoms with Gasteiger partial charge in [-0.3, -0.25) is 18.7 Å². The van der Waals surface area contributed by atoms with E-state index in [0.29, 0.717) is 49.5 Å². The van der Waals surface area contributed by atoms with Crippen LogP contribution in [0.15, 0.2) is 41.5 Å². The highest BCUT2D eigenvalue weighted by Crippen LogP contribution is 2.31. The summed E-state index contributed by atoms with van der Waals surface area (Å²) in [5.41, 5.74) is 3.05. The minimum Gasteiger partial charge on any atom is -0.493 e. The zero-order chi connectivity index (χ0) is 26.4. The summed E-state index contributed by atoms with van der Waals surface area (Å²) in [5, 5.41) is 10.2. The number of pyridine rings is 1. The Morgan fingerprint density at radius 1 is 1.08 bits per heavy atom. The number of nitrogens with zero attached hydrogens (tertiary/aromatic N) is 6. The lowest BCUT2D eigenvalue weighted by Gasteiger charge is -2.36. The van der Waals surface area contributed by atoms with Crippen molar-refractivity contribution in [2.45, 2.75) is 39.7 Å². The lowest BCUT2D eigenvalue weighted by Crippen LogP contribution is -2.49. The number of amides is 2. The SMILES string of the molecule is Cc1cnc(N2CCN(C(=O)c3ccc(N4C(=O)CCC4C)cc3-n3cc(O)n(C)c3=O)CC2)c(C)c1. The lowest BCUT2D eigenvalue weighted by atomic mass is 10.1. The second kappa shape index (κ2) is 9.42. The van der Waals surface area contributed by atoms with E-state index < -0.39 is 5.69 Å². The molecule has 1 unspecified atom stereocenters. The van der Waals surface area contributed by atoms with E-state index in [1.165, 1.54) is 17.8 Å². The number of imidazole rings is 1. The molecule has 0 spiro atoms. The van der Waals surface area contributed by atoms with Crippen LogP contribution >= 0.6 is 0 Å². The van der Waals surface area contributed by atoms with Gasteiger partial charge < -0.3 is 19.8 Å². The Labute approximate surface area is 215 Å². The largest absolute Gasteiger partial charge is 0.493 e. The maximum absolute atomic E-state index is 13.7. The molecule has 1 aromatic carbocycles. The summed E-state index contributed by atoms with van der Waals surface area (Å²) in [7, 11) is 1.46. The van der Waals surface area contributed by atoms with E-state index in [-0.39, 0.29) is 23.7 Å². The Kier molecular flexibility index (Phi) is 6.26. The van der Waals surface area contributed by atoms with E-state index in [4.69, 9.17) is 0 Å². The van der Waals surface area contributed by atoms with Crippen molar-refractivity contribution in [2.75, 3.05) is 36.0 Å². The predicted octanol–water partition coefficient (Wildman–Crippen LogP) is 2.37. The number of piperazine rings is 1. The Morgan fingerprint density at radius 2 is 1.81 bits per heavy atom. The number of anilines is 2.